The number of carbonyl (C=O) groups is 1. The number of carboxylic acid groups (broad SMARTS) is 1. The number of benzene rings is 1. The number of aliphatic carboxylic acids is 1. The molecule has 0 amide bonds. The smallest absolute Gasteiger partial charge is 0.303 e. The summed E-state index contributed by atoms with van der Waals surface area (Å²) in [6.07, 6.45) is 6.70. The van der Waals surface area contributed by atoms with Crippen molar-refractivity contribution in [3.8, 4) is 5.75 Å². The number of ether oxygens (including phenoxy) is 1. The summed E-state index contributed by atoms with van der Waals surface area (Å²) in [5.41, 5.74) is 13.5. The zero-order valence-corrected chi connectivity index (χ0v) is 22.7. The first-order chi connectivity index (χ1) is 19.4. The molecule has 0 atom stereocenters. The number of hydrogen-bond donors (Lipinski definition) is 5. The summed E-state index contributed by atoms with van der Waals surface area (Å²) < 4.78 is 7.48. The van der Waals surface area contributed by atoms with Gasteiger partial charge in [0, 0.05) is 45.3 Å². The van der Waals surface area contributed by atoms with Gasteiger partial charge in [-0.05, 0) is 50.2 Å². The third-order valence-corrected chi connectivity index (χ3v) is 6.62. The molecule has 0 spiro atoms. The quantitative estimate of drug-likeness (QED) is 0.103. The summed E-state index contributed by atoms with van der Waals surface area (Å²) in [6.45, 7) is 8.11. The lowest BCUT2D eigenvalue weighted by molar-refractivity contribution is -0.137. The Bertz CT molecular complexity index is 1210. The molecule has 1 aliphatic heterocycles. The van der Waals surface area contributed by atoms with Crippen LogP contribution in [0.1, 0.15) is 19.3 Å². The van der Waals surface area contributed by atoms with Gasteiger partial charge in [-0.2, -0.15) is 10.1 Å². The highest BCUT2D eigenvalue weighted by molar-refractivity contribution is 5.71. The van der Waals surface area contributed by atoms with Crippen molar-refractivity contribution in [1.29, 1.82) is 0 Å². The highest BCUT2D eigenvalue weighted by atomic mass is 16.5. The van der Waals surface area contributed by atoms with Crippen LogP contribution in [0.2, 0.25) is 0 Å². The summed E-state index contributed by atoms with van der Waals surface area (Å²) >= 11 is 0. The minimum Gasteiger partial charge on any atom is -0.494 e. The fraction of sp³-hybridized carbons (Fsp3) is 0.462. The van der Waals surface area contributed by atoms with Crippen LogP contribution in [0.3, 0.4) is 0 Å². The van der Waals surface area contributed by atoms with Crippen molar-refractivity contribution in [1.82, 2.24) is 29.5 Å². The fourth-order valence-corrected chi connectivity index (χ4v) is 4.35. The van der Waals surface area contributed by atoms with Crippen molar-refractivity contribution < 1.29 is 14.6 Å². The highest BCUT2D eigenvalue weighted by Gasteiger charge is 2.17. The number of nitrogen functional groups attached to an aromatic ring is 1. The number of nitrogens with one attached hydrogen (secondary N) is 1. The van der Waals surface area contributed by atoms with Gasteiger partial charge in [-0.15, -0.1) is 0 Å². The van der Waals surface area contributed by atoms with Crippen LogP contribution >= 0.6 is 0 Å². The lowest BCUT2D eigenvalue weighted by Gasteiger charge is -2.34. The van der Waals surface area contributed by atoms with E-state index < -0.39 is 5.97 Å². The van der Waals surface area contributed by atoms with Crippen LogP contribution in [0.25, 0.3) is 0 Å². The van der Waals surface area contributed by atoms with Crippen LogP contribution in [-0.4, -0.2) is 93.0 Å². The van der Waals surface area contributed by atoms with Crippen molar-refractivity contribution in [3.63, 3.8) is 0 Å². The van der Waals surface area contributed by atoms with Gasteiger partial charge in [-0.25, -0.2) is 10.8 Å². The summed E-state index contributed by atoms with van der Waals surface area (Å²) in [6, 6.07) is 7.04. The molecular formula is C26H39N11O3. The van der Waals surface area contributed by atoms with E-state index in [-0.39, 0.29) is 6.42 Å². The Morgan fingerprint density at radius 1 is 1.05 bits per heavy atom. The first kappa shape index (κ1) is 29.0. The molecule has 14 heteroatoms. The average molecular weight is 554 g/mol. The molecule has 3 heterocycles. The van der Waals surface area contributed by atoms with E-state index in [2.05, 4.69) is 30.2 Å². The van der Waals surface area contributed by atoms with E-state index in [1.165, 1.54) is 11.2 Å². The molecule has 2 aromatic heterocycles. The molecule has 216 valence electrons. The third-order valence-electron chi connectivity index (χ3n) is 6.62. The first-order valence-corrected chi connectivity index (χ1v) is 13.5. The van der Waals surface area contributed by atoms with Crippen LogP contribution in [0.15, 0.2) is 42.9 Å². The van der Waals surface area contributed by atoms with Gasteiger partial charge in [-0.1, -0.05) is 0 Å². The van der Waals surface area contributed by atoms with E-state index in [0.29, 0.717) is 41.9 Å². The molecule has 14 nitrogen and oxygen atoms in total. The van der Waals surface area contributed by atoms with Crippen molar-refractivity contribution in [2.75, 3.05) is 68.5 Å². The van der Waals surface area contributed by atoms with Crippen molar-refractivity contribution >= 4 is 34.8 Å². The predicted octanol–water partition coefficient (Wildman–Crippen LogP) is 1.22. The van der Waals surface area contributed by atoms with Gasteiger partial charge in [0.2, 0.25) is 5.95 Å². The summed E-state index contributed by atoms with van der Waals surface area (Å²) in [5.74, 6) is 6.78. The molecule has 8 N–H and O–H groups in total. The van der Waals surface area contributed by atoms with E-state index in [4.69, 9.17) is 27.2 Å². The third kappa shape index (κ3) is 8.51. The fourth-order valence-electron chi connectivity index (χ4n) is 4.35. The van der Waals surface area contributed by atoms with Gasteiger partial charge in [0.05, 0.1) is 42.6 Å². The second-order valence-corrected chi connectivity index (χ2v) is 9.62. The first-order valence-electron chi connectivity index (χ1n) is 13.5. The number of hydrogen-bond acceptors (Lipinski definition) is 12. The molecule has 3 aromatic rings. The number of hydrazine groups is 1. The Morgan fingerprint density at radius 3 is 2.48 bits per heavy atom. The maximum absolute atomic E-state index is 10.6. The van der Waals surface area contributed by atoms with E-state index in [9.17, 15) is 4.79 Å². The summed E-state index contributed by atoms with van der Waals surface area (Å²) in [4.78, 5) is 24.3. The minimum absolute atomic E-state index is 0.0621. The summed E-state index contributed by atoms with van der Waals surface area (Å²) in [7, 11) is 0. The molecule has 0 bridgehead atoms. The van der Waals surface area contributed by atoms with E-state index in [0.717, 1.165) is 64.5 Å². The molecule has 1 saturated heterocycles. The van der Waals surface area contributed by atoms with Crippen LogP contribution in [0, 0.1) is 0 Å². The Labute approximate surface area is 233 Å². The zero-order valence-electron chi connectivity index (χ0n) is 22.7. The van der Waals surface area contributed by atoms with E-state index >= 15 is 0 Å². The second-order valence-electron chi connectivity index (χ2n) is 9.62. The molecule has 1 aromatic carbocycles. The van der Waals surface area contributed by atoms with Crippen molar-refractivity contribution in [2.45, 2.75) is 25.8 Å². The summed E-state index contributed by atoms with van der Waals surface area (Å²) in [5, 5.41) is 17.7. The number of nitrogens with two attached hydrogens (primary N) is 3. The normalized spacial score (nSPS) is 14.2. The molecule has 1 fully saturated rings. The number of aromatic nitrogens is 4. The van der Waals surface area contributed by atoms with Crippen LogP contribution < -0.4 is 32.4 Å². The lowest BCUT2D eigenvalue weighted by Crippen LogP contribution is -2.47. The van der Waals surface area contributed by atoms with Crippen molar-refractivity contribution in [2.24, 2.45) is 11.6 Å². The van der Waals surface area contributed by atoms with E-state index in [1.54, 1.807) is 30.5 Å². The number of piperazine rings is 1. The number of carboxylic acids is 1. The Balaban J connectivity index is 1.28. The molecule has 0 saturated carbocycles. The van der Waals surface area contributed by atoms with E-state index in [1.807, 2.05) is 10.9 Å². The Kier molecular flexibility index (Phi) is 10.5. The SMILES string of the molecule is NCCCN1CCN(CCn2cc(Nc3ncc(N)c(N(N)c4ccc(OCCCC(=O)O)cc4)n3)cn2)CC1. The molecule has 0 unspecified atom stereocenters. The number of rotatable bonds is 15. The highest BCUT2D eigenvalue weighted by Crippen LogP contribution is 2.28. The molecule has 0 radical (unpaired) electrons. The lowest BCUT2D eigenvalue weighted by atomic mass is 10.3. The minimum atomic E-state index is -0.845. The second kappa shape index (κ2) is 14.4. The maximum Gasteiger partial charge on any atom is 0.303 e. The van der Waals surface area contributed by atoms with Crippen molar-refractivity contribution in [3.05, 3.63) is 42.9 Å². The maximum atomic E-state index is 10.6. The molecule has 40 heavy (non-hydrogen) atoms. The van der Waals surface area contributed by atoms with Crippen LogP contribution in [0.4, 0.5) is 28.8 Å². The van der Waals surface area contributed by atoms with Crippen LogP contribution in [-0.2, 0) is 11.3 Å². The average Bonchev–Trinajstić information content (AvgIpc) is 3.41. The van der Waals surface area contributed by atoms with Gasteiger partial charge < -0.3 is 31.5 Å². The van der Waals surface area contributed by atoms with Gasteiger partial charge >= 0.3 is 5.97 Å². The molecule has 4 rings (SSSR count). The van der Waals surface area contributed by atoms with Gasteiger partial charge in [0.1, 0.15) is 5.75 Å². The Morgan fingerprint density at radius 2 is 1.77 bits per heavy atom. The topological polar surface area (TPSA) is 190 Å². The standard InChI is InChI=1S/C26H39N11O3/c27-8-2-9-34-10-12-35(13-11-34)14-15-36-19-20(17-31-36)32-26-30-18-23(28)25(33-26)37(29)21-4-6-22(7-5-21)40-16-1-3-24(38)39/h4-7,17-19H,1-3,8-16,27-29H2,(H,38,39)(H,30,32,33). The molecular weight excluding hydrogens is 514 g/mol. The monoisotopic (exact) mass is 553 g/mol. The van der Waals surface area contributed by atoms with Gasteiger partial charge in [0.25, 0.3) is 0 Å². The van der Waals surface area contributed by atoms with Gasteiger partial charge in [-0.3, -0.25) is 19.4 Å². The molecule has 0 aliphatic carbocycles. The Hall–Kier alpha value is -3.98. The predicted molar refractivity (Wildman–Crippen MR) is 154 cm³/mol. The largest absolute Gasteiger partial charge is 0.494 e. The number of anilines is 5. The zero-order chi connectivity index (χ0) is 28.3. The van der Waals surface area contributed by atoms with Crippen LogP contribution in [0.5, 0.6) is 5.75 Å². The number of nitrogens with zero attached hydrogens (tertiary/aromatic N) is 7. The van der Waals surface area contributed by atoms with Gasteiger partial charge in [0.15, 0.2) is 5.82 Å². The molecule has 1 aliphatic rings.